The van der Waals surface area contributed by atoms with Gasteiger partial charge in [-0.3, -0.25) is 9.80 Å². The Kier molecular flexibility index (Phi) is 5.42. The van der Waals surface area contributed by atoms with Gasteiger partial charge in [0.1, 0.15) is 0 Å². The van der Waals surface area contributed by atoms with Crippen molar-refractivity contribution < 1.29 is 9.18 Å². The van der Waals surface area contributed by atoms with Gasteiger partial charge in [0.25, 0.3) is 5.91 Å². The molecule has 0 fully saturated rings. The fourth-order valence-corrected chi connectivity index (χ4v) is 3.13. The quantitative estimate of drug-likeness (QED) is 0.812. The van der Waals surface area contributed by atoms with E-state index in [1.54, 1.807) is 14.0 Å². The largest absolute Gasteiger partial charge is 0.322 e. The van der Waals surface area contributed by atoms with Crippen LogP contribution in [0.2, 0.25) is 0 Å². The van der Waals surface area contributed by atoms with Gasteiger partial charge in [0, 0.05) is 12.7 Å². The highest BCUT2D eigenvalue weighted by molar-refractivity contribution is 6.05. The molecule has 0 saturated carbocycles. The van der Waals surface area contributed by atoms with Gasteiger partial charge >= 0.3 is 0 Å². The second kappa shape index (κ2) is 7.13. The van der Waals surface area contributed by atoms with E-state index in [1.807, 2.05) is 24.3 Å². The maximum atomic E-state index is 14.1. The van der Waals surface area contributed by atoms with Gasteiger partial charge in [-0.15, -0.1) is 0 Å². The number of amides is 1. The average molecular weight is 319 g/mol. The van der Waals surface area contributed by atoms with Crippen molar-refractivity contribution in [1.29, 1.82) is 0 Å². The summed E-state index contributed by atoms with van der Waals surface area (Å²) in [7, 11) is 1.56. The lowest BCUT2D eigenvalue weighted by molar-refractivity contribution is -0.113. The molecule has 126 valence electrons. The Morgan fingerprint density at radius 2 is 2.00 bits per heavy atom. The van der Waals surface area contributed by atoms with Gasteiger partial charge in [-0.05, 0) is 36.8 Å². The Labute approximate surface area is 137 Å². The molecule has 1 amide bonds. The first-order chi connectivity index (χ1) is 10.8. The fraction of sp³-hybridized carbons (Fsp3) is 0.500. The Morgan fingerprint density at radius 3 is 2.57 bits per heavy atom. The molecular formula is C18H26FN3O. The molecule has 1 aromatic carbocycles. The van der Waals surface area contributed by atoms with Crippen molar-refractivity contribution in [2.75, 3.05) is 12.4 Å². The second-order valence-corrected chi connectivity index (χ2v) is 6.69. The summed E-state index contributed by atoms with van der Waals surface area (Å²) in [5, 5.41) is 4.13. The third-order valence-electron chi connectivity index (χ3n) is 4.15. The SMILES string of the molecule is CC(C)CC(C)c1ccccc1NC(=O)C1=C(F)N(C)NC1C. The van der Waals surface area contributed by atoms with Crippen molar-refractivity contribution >= 4 is 11.6 Å². The first-order valence-electron chi connectivity index (χ1n) is 8.11. The molecule has 1 aliphatic heterocycles. The summed E-state index contributed by atoms with van der Waals surface area (Å²) in [6, 6.07) is 7.40. The van der Waals surface area contributed by atoms with E-state index in [4.69, 9.17) is 0 Å². The lowest BCUT2D eigenvalue weighted by Crippen LogP contribution is -2.33. The van der Waals surface area contributed by atoms with Crippen molar-refractivity contribution in [1.82, 2.24) is 10.4 Å². The maximum Gasteiger partial charge on any atom is 0.257 e. The molecule has 2 N–H and O–H groups in total. The molecule has 4 nitrogen and oxygen atoms in total. The van der Waals surface area contributed by atoms with Gasteiger partial charge in [-0.1, -0.05) is 39.0 Å². The van der Waals surface area contributed by atoms with E-state index in [9.17, 15) is 9.18 Å². The normalized spacial score (nSPS) is 19.4. The van der Waals surface area contributed by atoms with Gasteiger partial charge in [0.05, 0.1) is 11.6 Å². The Hall–Kier alpha value is -1.88. The molecule has 0 radical (unpaired) electrons. The van der Waals surface area contributed by atoms with Crippen LogP contribution < -0.4 is 10.7 Å². The number of rotatable bonds is 5. The zero-order chi connectivity index (χ0) is 17.1. The molecule has 23 heavy (non-hydrogen) atoms. The number of nitrogens with zero attached hydrogens (tertiary/aromatic N) is 1. The molecule has 1 aliphatic rings. The Bertz CT molecular complexity index is 612. The second-order valence-electron chi connectivity index (χ2n) is 6.69. The summed E-state index contributed by atoms with van der Waals surface area (Å²) in [4.78, 5) is 12.5. The molecule has 2 rings (SSSR count). The number of halogens is 1. The predicted octanol–water partition coefficient (Wildman–Crippen LogP) is 3.79. The Morgan fingerprint density at radius 1 is 1.35 bits per heavy atom. The van der Waals surface area contributed by atoms with Crippen LogP contribution in [0.5, 0.6) is 0 Å². The number of hydrogen-bond donors (Lipinski definition) is 2. The van der Waals surface area contributed by atoms with Crippen molar-refractivity contribution in [3.8, 4) is 0 Å². The van der Waals surface area contributed by atoms with Crippen molar-refractivity contribution in [3.63, 3.8) is 0 Å². The topological polar surface area (TPSA) is 44.4 Å². The maximum absolute atomic E-state index is 14.1. The van der Waals surface area contributed by atoms with E-state index in [0.717, 1.165) is 17.7 Å². The molecule has 1 aromatic rings. The highest BCUT2D eigenvalue weighted by Crippen LogP contribution is 2.30. The number of carbonyl (C=O) groups is 1. The third kappa shape index (κ3) is 3.91. The number of hydrogen-bond acceptors (Lipinski definition) is 3. The monoisotopic (exact) mass is 319 g/mol. The van der Waals surface area contributed by atoms with Crippen LogP contribution in [0.15, 0.2) is 35.8 Å². The Balaban J connectivity index is 2.22. The van der Waals surface area contributed by atoms with Crippen LogP contribution in [0.25, 0.3) is 0 Å². The smallest absolute Gasteiger partial charge is 0.257 e. The summed E-state index contributed by atoms with van der Waals surface area (Å²) in [5.41, 5.74) is 4.85. The number of para-hydroxylation sites is 1. The van der Waals surface area contributed by atoms with Crippen LogP contribution in [0.1, 0.15) is 45.6 Å². The van der Waals surface area contributed by atoms with Crippen LogP contribution in [0, 0.1) is 5.92 Å². The van der Waals surface area contributed by atoms with E-state index < -0.39 is 11.9 Å². The molecule has 5 heteroatoms. The molecule has 0 saturated heterocycles. The number of hydrazine groups is 1. The zero-order valence-electron chi connectivity index (χ0n) is 14.5. The first kappa shape index (κ1) is 17.5. The van der Waals surface area contributed by atoms with Crippen LogP contribution in [0.3, 0.4) is 0 Å². The zero-order valence-corrected chi connectivity index (χ0v) is 14.5. The summed E-state index contributed by atoms with van der Waals surface area (Å²) in [6.45, 7) is 8.28. The van der Waals surface area contributed by atoms with Crippen molar-refractivity contribution in [3.05, 3.63) is 41.4 Å². The van der Waals surface area contributed by atoms with Crippen molar-refractivity contribution in [2.24, 2.45) is 5.92 Å². The minimum Gasteiger partial charge on any atom is -0.322 e. The number of anilines is 1. The van der Waals surface area contributed by atoms with E-state index in [0.29, 0.717) is 11.8 Å². The summed E-state index contributed by atoms with van der Waals surface area (Å²) >= 11 is 0. The van der Waals surface area contributed by atoms with E-state index in [-0.39, 0.29) is 11.6 Å². The average Bonchev–Trinajstić information content (AvgIpc) is 2.71. The lowest BCUT2D eigenvalue weighted by Gasteiger charge is -2.19. The van der Waals surface area contributed by atoms with Crippen LogP contribution in [-0.4, -0.2) is 24.0 Å². The highest BCUT2D eigenvalue weighted by atomic mass is 19.1. The van der Waals surface area contributed by atoms with E-state index in [2.05, 4.69) is 31.5 Å². The van der Waals surface area contributed by atoms with Gasteiger partial charge < -0.3 is 5.32 Å². The molecule has 2 atom stereocenters. The van der Waals surface area contributed by atoms with Crippen LogP contribution >= 0.6 is 0 Å². The molecule has 2 unspecified atom stereocenters. The lowest BCUT2D eigenvalue weighted by atomic mass is 9.91. The third-order valence-corrected chi connectivity index (χ3v) is 4.15. The predicted molar refractivity (Wildman–Crippen MR) is 91.4 cm³/mol. The fourth-order valence-electron chi connectivity index (χ4n) is 3.13. The first-order valence-corrected chi connectivity index (χ1v) is 8.11. The summed E-state index contributed by atoms with van der Waals surface area (Å²) in [5.74, 6) is -0.0208. The van der Waals surface area contributed by atoms with Gasteiger partial charge in [-0.2, -0.15) is 4.39 Å². The molecule has 1 heterocycles. The van der Waals surface area contributed by atoms with Gasteiger partial charge in [0.2, 0.25) is 5.95 Å². The number of benzene rings is 1. The number of nitrogens with one attached hydrogen (secondary N) is 2. The summed E-state index contributed by atoms with van der Waals surface area (Å²) < 4.78 is 14.1. The molecule has 0 bridgehead atoms. The molecule has 0 spiro atoms. The van der Waals surface area contributed by atoms with E-state index >= 15 is 0 Å². The van der Waals surface area contributed by atoms with Gasteiger partial charge in [-0.25, -0.2) is 5.43 Å². The molecule has 0 aliphatic carbocycles. The van der Waals surface area contributed by atoms with Crippen LogP contribution in [0.4, 0.5) is 10.1 Å². The van der Waals surface area contributed by atoms with Gasteiger partial charge in [0.15, 0.2) is 0 Å². The molecule has 0 aromatic heterocycles. The summed E-state index contributed by atoms with van der Waals surface area (Å²) in [6.07, 6.45) is 1.03. The highest BCUT2D eigenvalue weighted by Gasteiger charge is 2.31. The molecular weight excluding hydrogens is 293 g/mol. The van der Waals surface area contributed by atoms with Crippen molar-refractivity contribution in [2.45, 2.75) is 46.1 Å². The number of carbonyl (C=O) groups excluding carboxylic acids is 1. The minimum absolute atomic E-state index is 0.138. The van der Waals surface area contributed by atoms with Crippen LogP contribution in [-0.2, 0) is 4.79 Å². The minimum atomic E-state index is -0.525. The van der Waals surface area contributed by atoms with E-state index in [1.165, 1.54) is 5.01 Å². The standard InChI is InChI=1S/C18H26FN3O/c1-11(2)10-12(3)14-8-6-7-9-15(14)20-18(23)16-13(4)21-22(5)17(16)19/h6-9,11-13,21H,10H2,1-5H3,(H,20,23).